The lowest BCUT2D eigenvalue weighted by Gasteiger charge is -2.27. The summed E-state index contributed by atoms with van der Waals surface area (Å²) in [4.78, 5) is 2.30. The molecule has 2 rings (SSSR count). The van der Waals surface area contributed by atoms with Gasteiger partial charge < -0.3 is 10.5 Å². The lowest BCUT2D eigenvalue weighted by molar-refractivity contribution is -0.274. The van der Waals surface area contributed by atoms with Crippen molar-refractivity contribution in [1.29, 1.82) is 0 Å². The third kappa shape index (κ3) is 4.11. The van der Waals surface area contributed by atoms with E-state index in [-0.39, 0.29) is 11.8 Å². The Hall–Kier alpha value is -1.27. The summed E-state index contributed by atoms with van der Waals surface area (Å²) in [6, 6.07) is 6.04. The number of alkyl halides is 3. The number of nitrogens with zero attached hydrogens (tertiary/aromatic N) is 1. The van der Waals surface area contributed by atoms with Gasteiger partial charge in [0.25, 0.3) is 0 Å². The monoisotopic (exact) mass is 302 g/mol. The highest BCUT2D eigenvalue weighted by molar-refractivity contribution is 5.29. The fraction of sp³-hybridized carbons (Fsp3) is 0.600. The minimum absolute atomic E-state index is 0.0392. The minimum Gasteiger partial charge on any atom is -0.406 e. The number of hydrogen-bond acceptors (Lipinski definition) is 3. The second-order valence-electron chi connectivity index (χ2n) is 5.78. The molecule has 1 aromatic rings. The molecule has 3 nitrogen and oxygen atoms in total. The van der Waals surface area contributed by atoms with E-state index < -0.39 is 6.36 Å². The van der Waals surface area contributed by atoms with Crippen molar-refractivity contribution in [3.63, 3.8) is 0 Å². The first kappa shape index (κ1) is 16.1. The van der Waals surface area contributed by atoms with Gasteiger partial charge in [-0.05, 0) is 29.5 Å². The van der Waals surface area contributed by atoms with Crippen LogP contribution in [0.5, 0.6) is 5.75 Å². The van der Waals surface area contributed by atoms with Crippen LogP contribution in [-0.4, -0.2) is 30.9 Å². The number of hydrogen-bond donors (Lipinski definition) is 1. The van der Waals surface area contributed by atoms with Crippen LogP contribution in [0.2, 0.25) is 0 Å². The summed E-state index contributed by atoms with van der Waals surface area (Å²) in [7, 11) is 0. The fourth-order valence-corrected chi connectivity index (χ4v) is 2.82. The average Bonchev–Trinajstić information content (AvgIpc) is 2.70. The second kappa shape index (κ2) is 6.23. The van der Waals surface area contributed by atoms with Gasteiger partial charge in [0.1, 0.15) is 5.75 Å². The smallest absolute Gasteiger partial charge is 0.406 e. The zero-order valence-electron chi connectivity index (χ0n) is 12.2. The van der Waals surface area contributed by atoms with Crippen molar-refractivity contribution in [2.45, 2.75) is 26.3 Å². The number of likely N-dealkylation sites (tertiary alicyclic amines) is 1. The van der Waals surface area contributed by atoms with Crippen LogP contribution >= 0.6 is 0 Å². The summed E-state index contributed by atoms with van der Waals surface area (Å²) < 4.78 is 40.3. The third-order valence-corrected chi connectivity index (χ3v) is 4.18. The molecule has 0 aliphatic carbocycles. The maximum atomic E-state index is 12.1. The van der Waals surface area contributed by atoms with E-state index in [0.717, 1.165) is 18.7 Å². The molecule has 1 saturated heterocycles. The van der Waals surface area contributed by atoms with Crippen LogP contribution < -0.4 is 10.5 Å². The Morgan fingerprint density at radius 3 is 2.14 bits per heavy atom. The van der Waals surface area contributed by atoms with E-state index in [1.807, 2.05) is 0 Å². The van der Waals surface area contributed by atoms with Crippen LogP contribution in [0.15, 0.2) is 24.3 Å². The maximum Gasteiger partial charge on any atom is 0.573 e. The van der Waals surface area contributed by atoms with Gasteiger partial charge in [0.15, 0.2) is 0 Å². The molecular formula is C15H21F3N2O. The number of halogens is 3. The first-order chi connectivity index (χ1) is 9.80. The molecule has 1 aliphatic rings. The summed E-state index contributed by atoms with van der Waals surface area (Å²) >= 11 is 0. The molecule has 0 radical (unpaired) electrons. The van der Waals surface area contributed by atoms with Crippen molar-refractivity contribution in [2.24, 2.45) is 17.6 Å². The predicted molar refractivity (Wildman–Crippen MR) is 74.8 cm³/mol. The van der Waals surface area contributed by atoms with Crippen LogP contribution in [0, 0.1) is 11.8 Å². The van der Waals surface area contributed by atoms with Crippen molar-refractivity contribution in [3.05, 3.63) is 29.8 Å². The molecule has 0 amide bonds. The summed E-state index contributed by atoms with van der Waals surface area (Å²) in [6.45, 7) is 6.78. The molecule has 6 heteroatoms. The summed E-state index contributed by atoms with van der Waals surface area (Å²) in [6.07, 6.45) is -4.66. The van der Waals surface area contributed by atoms with Gasteiger partial charge in [0.05, 0.1) is 0 Å². The Labute approximate surface area is 122 Å². The Bertz CT molecular complexity index is 451. The van der Waals surface area contributed by atoms with E-state index in [2.05, 4.69) is 23.5 Å². The van der Waals surface area contributed by atoms with Gasteiger partial charge in [-0.3, -0.25) is 4.90 Å². The highest BCUT2D eigenvalue weighted by atomic mass is 19.4. The quantitative estimate of drug-likeness (QED) is 0.928. The van der Waals surface area contributed by atoms with E-state index >= 15 is 0 Å². The lowest BCUT2D eigenvalue weighted by atomic mass is 10.0. The van der Waals surface area contributed by atoms with Gasteiger partial charge in [-0.15, -0.1) is 13.2 Å². The molecule has 118 valence electrons. The maximum absolute atomic E-state index is 12.1. The van der Waals surface area contributed by atoms with Gasteiger partial charge in [-0.2, -0.15) is 0 Å². The van der Waals surface area contributed by atoms with Crippen LogP contribution in [0.25, 0.3) is 0 Å². The van der Waals surface area contributed by atoms with Crippen molar-refractivity contribution in [2.75, 3.05) is 19.6 Å². The van der Waals surface area contributed by atoms with Crippen molar-refractivity contribution >= 4 is 0 Å². The van der Waals surface area contributed by atoms with Gasteiger partial charge in [-0.1, -0.05) is 26.0 Å². The molecule has 0 saturated carbocycles. The lowest BCUT2D eigenvalue weighted by Crippen LogP contribution is -2.32. The topological polar surface area (TPSA) is 38.5 Å². The third-order valence-electron chi connectivity index (χ3n) is 4.18. The molecule has 0 spiro atoms. The van der Waals surface area contributed by atoms with Gasteiger partial charge in [0, 0.05) is 25.7 Å². The normalized spacial score (nSPS) is 25.0. The largest absolute Gasteiger partial charge is 0.573 e. The Morgan fingerprint density at radius 2 is 1.71 bits per heavy atom. The molecular weight excluding hydrogens is 281 g/mol. The molecule has 21 heavy (non-hydrogen) atoms. The number of nitrogens with two attached hydrogens (primary N) is 1. The molecule has 1 aliphatic heterocycles. The van der Waals surface area contributed by atoms with E-state index in [0.29, 0.717) is 18.4 Å². The zero-order chi connectivity index (χ0) is 15.6. The molecule has 1 heterocycles. The SMILES string of the molecule is CC1CN(C(CN)c2ccc(OC(F)(F)F)cc2)CC1C. The van der Waals surface area contributed by atoms with Crippen LogP contribution in [0.3, 0.4) is 0 Å². The van der Waals surface area contributed by atoms with Crippen LogP contribution in [-0.2, 0) is 0 Å². The molecule has 1 fully saturated rings. The van der Waals surface area contributed by atoms with Crippen LogP contribution in [0.4, 0.5) is 13.2 Å². The fourth-order valence-electron chi connectivity index (χ4n) is 2.82. The molecule has 0 aromatic heterocycles. The molecule has 3 unspecified atom stereocenters. The number of benzene rings is 1. The molecule has 0 bridgehead atoms. The standard InChI is InChI=1S/C15H21F3N2O/c1-10-8-20(9-11(10)2)14(7-19)12-3-5-13(6-4-12)21-15(16,17)18/h3-6,10-11,14H,7-9,19H2,1-2H3. The Kier molecular flexibility index (Phi) is 4.78. The minimum atomic E-state index is -4.66. The number of rotatable bonds is 4. The molecule has 2 N–H and O–H groups in total. The van der Waals surface area contributed by atoms with Gasteiger partial charge in [0.2, 0.25) is 0 Å². The van der Waals surface area contributed by atoms with Gasteiger partial charge in [-0.25, -0.2) is 0 Å². The zero-order valence-corrected chi connectivity index (χ0v) is 12.2. The highest BCUT2D eigenvalue weighted by Crippen LogP contribution is 2.31. The van der Waals surface area contributed by atoms with E-state index in [4.69, 9.17) is 5.73 Å². The first-order valence-corrected chi connectivity index (χ1v) is 7.10. The highest BCUT2D eigenvalue weighted by Gasteiger charge is 2.32. The van der Waals surface area contributed by atoms with E-state index in [1.165, 1.54) is 12.1 Å². The predicted octanol–water partition coefficient (Wildman–Crippen LogP) is 3.17. The van der Waals surface area contributed by atoms with E-state index in [1.54, 1.807) is 12.1 Å². The van der Waals surface area contributed by atoms with Crippen molar-refractivity contribution < 1.29 is 17.9 Å². The summed E-state index contributed by atoms with van der Waals surface area (Å²) in [5.41, 5.74) is 6.79. The van der Waals surface area contributed by atoms with E-state index in [9.17, 15) is 13.2 Å². The van der Waals surface area contributed by atoms with Crippen molar-refractivity contribution in [3.8, 4) is 5.75 Å². The second-order valence-corrected chi connectivity index (χ2v) is 5.78. The number of ether oxygens (including phenoxy) is 1. The molecule has 3 atom stereocenters. The van der Waals surface area contributed by atoms with Crippen molar-refractivity contribution in [1.82, 2.24) is 4.90 Å². The van der Waals surface area contributed by atoms with Gasteiger partial charge >= 0.3 is 6.36 Å². The average molecular weight is 302 g/mol. The Balaban J connectivity index is 2.09. The molecule has 1 aromatic carbocycles. The summed E-state index contributed by atoms with van der Waals surface area (Å²) in [5.74, 6) is 1.00. The first-order valence-electron chi connectivity index (χ1n) is 7.10. The van der Waals surface area contributed by atoms with Crippen LogP contribution in [0.1, 0.15) is 25.5 Å². The summed E-state index contributed by atoms with van der Waals surface area (Å²) in [5, 5.41) is 0. The Morgan fingerprint density at radius 1 is 1.19 bits per heavy atom.